The standard InChI is InChI=1S/C22H22ClFN2/c1-14(16-4-7-18(24)8-5-16)15(2)26-21-9-6-17(23)12-19(21)20-13-25(3)11-10-22(20)26/h4-9,12H,10-11,13H2,1-3H3/b15-14+. The number of fused-ring (bicyclic) bond motifs is 3. The largest absolute Gasteiger partial charge is 0.317 e. The van der Waals surface area contributed by atoms with Gasteiger partial charge in [-0.1, -0.05) is 23.7 Å². The van der Waals surface area contributed by atoms with Crippen LogP contribution in [0.25, 0.3) is 22.2 Å². The Morgan fingerprint density at radius 1 is 1.08 bits per heavy atom. The summed E-state index contributed by atoms with van der Waals surface area (Å²) >= 11 is 6.29. The average Bonchev–Trinajstić information content (AvgIpc) is 2.94. The van der Waals surface area contributed by atoms with Crippen molar-refractivity contribution in [1.82, 2.24) is 9.47 Å². The van der Waals surface area contributed by atoms with Gasteiger partial charge in [-0.15, -0.1) is 0 Å². The fourth-order valence-corrected chi connectivity index (χ4v) is 4.10. The van der Waals surface area contributed by atoms with E-state index in [9.17, 15) is 4.39 Å². The number of benzene rings is 2. The summed E-state index contributed by atoms with van der Waals surface area (Å²) in [6, 6.07) is 12.9. The van der Waals surface area contributed by atoms with Crippen molar-refractivity contribution < 1.29 is 4.39 Å². The van der Waals surface area contributed by atoms with Gasteiger partial charge < -0.3 is 9.47 Å². The smallest absolute Gasteiger partial charge is 0.123 e. The molecule has 26 heavy (non-hydrogen) atoms. The van der Waals surface area contributed by atoms with E-state index in [4.69, 9.17) is 11.6 Å². The van der Waals surface area contributed by atoms with Crippen molar-refractivity contribution in [3.8, 4) is 0 Å². The Balaban J connectivity index is 1.96. The zero-order chi connectivity index (χ0) is 18.4. The van der Waals surface area contributed by atoms with Crippen LogP contribution >= 0.6 is 11.6 Å². The summed E-state index contributed by atoms with van der Waals surface area (Å²) in [6.07, 6.45) is 1.01. The van der Waals surface area contributed by atoms with Crippen LogP contribution in [0.2, 0.25) is 5.02 Å². The lowest BCUT2D eigenvalue weighted by Crippen LogP contribution is -2.27. The first-order valence-corrected chi connectivity index (χ1v) is 9.27. The Kier molecular flexibility index (Phi) is 4.37. The second-order valence-corrected chi connectivity index (χ2v) is 7.56. The van der Waals surface area contributed by atoms with Crippen LogP contribution < -0.4 is 0 Å². The van der Waals surface area contributed by atoms with Crippen LogP contribution in [0.1, 0.15) is 30.7 Å². The maximum atomic E-state index is 13.3. The van der Waals surface area contributed by atoms with Crippen LogP contribution in [0, 0.1) is 5.82 Å². The molecule has 0 atom stereocenters. The molecule has 134 valence electrons. The molecule has 0 fully saturated rings. The normalized spacial score (nSPS) is 15.9. The zero-order valence-corrected chi connectivity index (χ0v) is 16.1. The minimum absolute atomic E-state index is 0.208. The molecule has 2 heterocycles. The van der Waals surface area contributed by atoms with E-state index in [0.29, 0.717) is 0 Å². The first-order valence-electron chi connectivity index (χ1n) is 8.89. The summed E-state index contributed by atoms with van der Waals surface area (Å²) in [5, 5.41) is 1.99. The lowest BCUT2D eigenvalue weighted by atomic mass is 10.0. The Labute approximate surface area is 158 Å². The van der Waals surface area contributed by atoms with Gasteiger partial charge in [0.1, 0.15) is 5.82 Å². The van der Waals surface area contributed by atoms with E-state index in [0.717, 1.165) is 35.7 Å². The summed E-state index contributed by atoms with van der Waals surface area (Å²) in [6.45, 7) is 6.22. The van der Waals surface area contributed by atoms with Crippen LogP contribution in [-0.2, 0) is 13.0 Å². The molecule has 1 aliphatic heterocycles. The highest BCUT2D eigenvalue weighted by Gasteiger charge is 2.23. The van der Waals surface area contributed by atoms with Gasteiger partial charge in [0, 0.05) is 41.3 Å². The summed E-state index contributed by atoms with van der Waals surface area (Å²) in [5.74, 6) is -0.208. The lowest BCUT2D eigenvalue weighted by Gasteiger charge is -2.25. The molecule has 0 amide bonds. The highest BCUT2D eigenvalue weighted by Crippen LogP contribution is 2.36. The van der Waals surface area contributed by atoms with Gasteiger partial charge in [-0.05, 0) is 67.9 Å². The number of likely N-dealkylation sites (N-methyl/N-ethyl adjacent to an activating group) is 1. The number of rotatable bonds is 2. The van der Waals surface area contributed by atoms with Crippen LogP contribution in [0.3, 0.4) is 0 Å². The predicted octanol–water partition coefficient (Wildman–Crippen LogP) is 5.83. The van der Waals surface area contributed by atoms with Crippen LogP contribution in [0.15, 0.2) is 42.5 Å². The molecule has 4 heteroatoms. The van der Waals surface area contributed by atoms with Gasteiger partial charge in [0.15, 0.2) is 0 Å². The summed E-state index contributed by atoms with van der Waals surface area (Å²) in [5.41, 5.74) is 7.28. The van der Waals surface area contributed by atoms with Crippen molar-refractivity contribution in [2.75, 3.05) is 13.6 Å². The number of hydrogen-bond acceptors (Lipinski definition) is 1. The maximum absolute atomic E-state index is 13.3. The Hall–Kier alpha value is -2.10. The second-order valence-electron chi connectivity index (χ2n) is 7.13. The topological polar surface area (TPSA) is 8.17 Å². The minimum atomic E-state index is -0.208. The minimum Gasteiger partial charge on any atom is -0.317 e. The molecule has 0 radical (unpaired) electrons. The quantitative estimate of drug-likeness (QED) is 0.552. The summed E-state index contributed by atoms with van der Waals surface area (Å²) < 4.78 is 15.7. The molecule has 0 aliphatic carbocycles. The zero-order valence-electron chi connectivity index (χ0n) is 15.3. The number of hydrogen-bond donors (Lipinski definition) is 0. The number of halogens is 2. The highest BCUT2D eigenvalue weighted by atomic mass is 35.5. The molecule has 1 aliphatic rings. The molecule has 2 aromatic carbocycles. The molecule has 1 aromatic heterocycles. The third-order valence-corrected chi connectivity index (χ3v) is 5.69. The highest BCUT2D eigenvalue weighted by molar-refractivity contribution is 6.31. The van der Waals surface area contributed by atoms with E-state index < -0.39 is 0 Å². The number of allylic oxidation sites excluding steroid dienone is 2. The number of aromatic nitrogens is 1. The Morgan fingerprint density at radius 3 is 2.54 bits per heavy atom. The van der Waals surface area contributed by atoms with E-state index in [1.165, 1.54) is 40.0 Å². The van der Waals surface area contributed by atoms with Gasteiger partial charge in [-0.3, -0.25) is 0 Å². The molecule has 0 N–H and O–H groups in total. The van der Waals surface area contributed by atoms with Gasteiger partial charge >= 0.3 is 0 Å². The predicted molar refractivity (Wildman–Crippen MR) is 108 cm³/mol. The SMILES string of the molecule is C/C(=C(/C)n1c2c(c3cc(Cl)ccc31)CN(C)CC2)c1ccc(F)cc1. The molecule has 2 nitrogen and oxygen atoms in total. The molecule has 3 aromatic rings. The Bertz CT molecular complexity index is 1010. The fourth-order valence-electron chi connectivity index (χ4n) is 3.93. The van der Waals surface area contributed by atoms with Crippen molar-refractivity contribution in [3.63, 3.8) is 0 Å². The van der Waals surface area contributed by atoms with Crippen molar-refractivity contribution in [1.29, 1.82) is 0 Å². The number of nitrogens with zero attached hydrogens (tertiary/aromatic N) is 2. The van der Waals surface area contributed by atoms with Crippen molar-refractivity contribution in [3.05, 3.63) is 70.1 Å². The lowest BCUT2D eigenvalue weighted by molar-refractivity contribution is 0.311. The monoisotopic (exact) mass is 368 g/mol. The summed E-state index contributed by atoms with van der Waals surface area (Å²) in [4.78, 5) is 2.35. The molecule has 0 saturated carbocycles. The third-order valence-electron chi connectivity index (χ3n) is 5.46. The van der Waals surface area contributed by atoms with E-state index >= 15 is 0 Å². The van der Waals surface area contributed by atoms with Crippen LogP contribution in [0.5, 0.6) is 0 Å². The van der Waals surface area contributed by atoms with E-state index in [1.807, 2.05) is 18.2 Å². The van der Waals surface area contributed by atoms with Gasteiger partial charge in [0.25, 0.3) is 0 Å². The first-order chi connectivity index (χ1) is 12.5. The molecular formula is C22H22ClFN2. The first kappa shape index (κ1) is 17.3. The van der Waals surface area contributed by atoms with Crippen LogP contribution in [0.4, 0.5) is 4.39 Å². The van der Waals surface area contributed by atoms with Gasteiger partial charge in [-0.2, -0.15) is 0 Å². The Morgan fingerprint density at radius 2 is 1.81 bits per heavy atom. The molecule has 0 saturated heterocycles. The van der Waals surface area contributed by atoms with Gasteiger partial charge in [-0.25, -0.2) is 4.39 Å². The van der Waals surface area contributed by atoms with Crippen molar-refractivity contribution in [2.24, 2.45) is 0 Å². The molecule has 0 spiro atoms. The van der Waals surface area contributed by atoms with E-state index in [-0.39, 0.29) is 5.82 Å². The molecular weight excluding hydrogens is 347 g/mol. The van der Waals surface area contributed by atoms with Crippen molar-refractivity contribution in [2.45, 2.75) is 26.8 Å². The van der Waals surface area contributed by atoms with E-state index in [2.05, 4.69) is 42.5 Å². The summed E-state index contributed by atoms with van der Waals surface area (Å²) in [7, 11) is 2.16. The fraction of sp³-hybridized carbons (Fsp3) is 0.273. The molecule has 0 bridgehead atoms. The molecule has 0 unspecified atom stereocenters. The molecule has 4 rings (SSSR count). The van der Waals surface area contributed by atoms with Gasteiger partial charge in [0.05, 0.1) is 5.52 Å². The second kappa shape index (κ2) is 6.57. The van der Waals surface area contributed by atoms with Gasteiger partial charge in [0.2, 0.25) is 0 Å². The third kappa shape index (κ3) is 2.85. The average molecular weight is 369 g/mol. The maximum Gasteiger partial charge on any atom is 0.123 e. The van der Waals surface area contributed by atoms with E-state index in [1.54, 1.807) is 0 Å². The van der Waals surface area contributed by atoms with Crippen molar-refractivity contribution >= 4 is 33.8 Å². The van der Waals surface area contributed by atoms with Crippen LogP contribution in [-0.4, -0.2) is 23.1 Å².